The fourth-order valence-corrected chi connectivity index (χ4v) is 3.07. The fourth-order valence-electron chi connectivity index (χ4n) is 3.07. The summed E-state index contributed by atoms with van der Waals surface area (Å²) < 4.78 is 5.26. The summed E-state index contributed by atoms with van der Waals surface area (Å²) in [6, 6.07) is 6.54. The zero-order valence-corrected chi connectivity index (χ0v) is 18.2. The van der Waals surface area contributed by atoms with E-state index in [1.165, 1.54) is 38.4 Å². The predicted octanol–water partition coefficient (Wildman–Crippen LogP) is 3.85. The van der Waals surface area contributed by atoms with Crippen LogP contribution in [0.4, 0.5) is 5.69 Å². The summed E-state index contributed by atoms with van der Waals surface area (Å²) in [4.78, 5) is 36.7. The monoisotopic (exact) mass is 415 g/mol. The maximum atomic E-state index is 12.4. The van der Waals surface area contributed by atoms with E-state index in [9.17, 15) is 14.4 Å². The fraction of sp³-hybridized carbons (Fsp3) is 0.522. The molecule has 30 heavy (non-hydrogen) atoms. The largest absolute Gasteiger partial charge is 0.498 e. The summed E-state index contributed by atoms with van der Waals surface area (Å²) in [5, 5.41) is 4.08. The van der Waals surface area contributed by atoms with Crippen LogP contribution in [0.25, 0.3) is 0 Å². The lowest BCUT2D eigenvalue weighted by Gasteiger charge is -2.15. The van der Waals surface area contributed by atoms with Crippen LogP contribution in [0, 0.1) is 0 Å². The van der Waals surface area contributed by atoms with Gasteiger partial charge >= 0.3 is 0 Å². The van der Waals surface area contributed by atoms with E-state index in [0.29, 0.717) is 17.8 Å². The average Bonchev–Trinajstić information content (AvgIpc) is 3.01. The number of nitrogens with zero attached hydrogens (tertiary/aromatic N) is 1. The van der Waals surface area contributed by atoms with Crippen LogP contribution < -0.4 is 15.8 Å². The first kappa shape index (κ1) is 23.4. The molecule has 0 radical (unpaired) electrons. The smallest absolute Gasteiger partial charge is 0.285 e. The van der Waals surface area contributed by atoms with Gasteiger partial charge in [-0.3, -0.25) is 19.8 Å². The highest BCUT2D eigenvalue weighted by Crippen LogP contribution is 2.20. The number of unbranched alkanes of at least 4 members (excludes halogenated alkanes) is 6. The van der Waals surface area contributed by atoms with Crippen molar-refractivity contribution in [3.05, 3.63) is 41.7 Å². The van der Waals surface area contributed by atoms with E-state index in [4.69, 9.17) is 4.74 Å². The first-order valence-electron chi connectivity index (χ1n) is 10.8. The van der Waals surface area contributed by atoms with E-state index in [2.05, 4.69) is 17.7 Å². The minimum atomic E-state index is -0.517. The van der Waals surface area contributed by atoms with Crippen LogP contribution in [0.3, 0.4) is 0 Å². The Labute approximate surface area is 178 Å². The molecule has 2 N–H and O–H groups in total. The van der Waals surface area contributed by atoms with Gasteiger partial charge in [-0.05, 0) is 44.5 Å². The van der Waals surface area contributed by atoms with E-state index in [1.807, 2.05) is 13.8 Å². The summed E-state index contributed by atoms with van der Waals surface area (Å²) in [6.45, 7) is 6.48. The molecular weight excluding hydrogens is 382 g/mol. The van der Waals surface area contributed by atoms with Crippen molar-refractivity contribution in [1.82, 2.24) is 10.7 Å². The van der Waals surface area contributed by atoms with Crippen molar-refractivity contribution < 1.29 is 19.1 Å². The molecule has 7 heteroatoms. The Balaban J connectivity index is 1.82. The summed E-state index contributed by atoms with van der Waals surface area (Å²) in [5.41, 5.74) is 3.44. The lowest BCUT2D eigenvalue weighted by atomic mass is 10.1. The van der Waals surface area contributed by atoms with Gasteiger partial charge in [-0.25, -0.2) is 5.01 Å². The number of nitrogens with one attached hydrogen (secondary N) is 2. The number of carbonyl (C=O) groups excluding carboxylic acids is 3. The lowest BCUT2D eigenvalue weighted by Crippen LogP contribution is -2.35. The van der Waals surface area contributed by atoms with Crippen LogP contribution in [-0.2, 0) is 14.3 Å². The Hall–Kier alpha value is -2.83. The first-order valence-corrected chi connectivity index (χ1v) is 10.8. The number of carbonyl (C=O) groups is 3. The third-order valence-corrected chi connectivity index (χ3v) is 4.80. The zero-order valence-electron chi connectivity index (χ0n) is 18.2. The summed E-state index contributed by atoms with van der Waals surface area (Å²) in [5.74, 6) is -1.15. The maximum Gasteiger partial charge on any atom is 0.285 e. The number of hydrogen-bond acceptors (Lipinski definition) is 4. The second-order valence-electron chi connectivity index (χ2n) is 7.72. The van der Waals surface area contributed by atoms with Crippen molar-refractivity contribution in [3.8, 4) is 0 Å². The molecule has 7 nitrogen and oxygen atoms in total. The molecule has 1 aromatic rings. The molecule has 1 aromatic carbocycles. The van der Waals surface area contributed by atoms with Crippen molar-refractivity contribution in [2.45, 2.75) is 71.8 Å². The molecule has 3 amide bonds. The number of rotatable bonds is 12. The minimum Gasteiger partial charge on any atom is -0.498 e. The SMILES string of the molecule is CCCCCCCCCNC(=O)c1ccc(N2NC(=O)/C(=C/OC(C)C)C2=O)cc1. The molecule has 0 saturated carbocycles. The third-order valence-electron chi connectivity index (χ3n) is 4.80. The second-order valence-corrected chi connectivity index (χ2v) is 7.72. The van der Waals surface area contributed by atoms with E-state index < -0.39 is 11.8 Å². The van der Waals surface area contributed by atoms with Crippen LogP contribution in [0.1, 0.15) is 76.1 Å². The zero-order chi connectivity index (χ0) is 21.9. The Bertz CT molecular complexity index is 756. The van der Waals surface area contributed by atoms with Gasteiger partial charge in [0.2, 0.25) is 0 Å². The number of hydrazine groups is 1. The van der Waals surface area contributed by atoms with Crippen LogP contribution in [0.2, 0.25) is 0 Å². The molecule has 1 aliphatic rings. The van der Waals surface area contributed by atoms with Gasteiger partial charge in [-0.2, -0.15) is 0 Å². The molecule has 0 atom stereocenters. The maximum absolute atomic E-state index is 12.4. The molecule has 1 heterocycles. The highest BCUT2D eigenvalue weighted by molar-refractivity contribution is 6.29. The van der Waals surface area contributed by atoms with Crippen molar-refractivity contribution in [2.24, 2.45) is 0 Å². The number of benzene rings is 1. The predicted molar refractivity (Wildman–Crippen MR) is 117 cm³/mol. The highest BCUT2D eigenvalue weighted by atomic mass is 16.5. The summed E-state index contributed by atoms with van der Waals surface area (Å²) in [7, 11) is 0. The topological polar surface area (TPSA) is 87.7 Å². The molecule has 0 aliphatic carbocycles. The van der Waals surface area contributed by atoms with Crippen molar-refractivity contribution in [2.75, 3.05) is 11.6 Å². The van der Waals surface area contributed by atoms with E-state index in [1.54, 1.807) is 24.3 Å². The highest BCUT2D eigenvalue weighted by Gasteiger charge is 2.35. The molecule has 1 fully saturated rings. The van der Waals surface area contributed by atoms with Gasteiger partial charge in [0.05, 0.1) is 11.8 Å². The summed E-state index contributed by atoms with van der Waals surface area (Å²) >= 11 is 0. The molecule has 1 saturated heterocycles. The molecule has 1 aliphatic heterocycles. The molecule has 0 unspecified atom stereocenters. The lowest BCUT2D eigenvalue weighted by molar-refractivity contribution is -0.117. The van der Waals surface area contributed by atoms with E-state index in [-0.39, 0.29) is 17.6 Å². The normalized spacial score (nSPS) is 15.1. The third kappa shape index (κ3) is 6.90. The van der Waals surface area contributed by atoms with Crippen LogP contribution in [-0.4, -0.2) is 30.4 Å². The van der Waals surface area contributed by atoms with Crippen molar-refractivity contribution in [3.63, 3.8) is 0 Å². The Morgan fingerprint density at radius 3 is 2.33 bits per heavy atom. The molecule has 0 spiro atoms. The molecular formula is C23H33N3O4. The Morgan fingerprint density at radius 2 is 1.70 bits per heavy atom. The first-order chi connectivity index (χ1) is 14.4. The van der Waals surface area contributed by atoms with Crippen molar-refractivity contribution >= 4 is 23.4 Å². The van der Waals surface area contributed by atoms with Gasteiger partial charge in [0, 0.05) is 12.1 Å². The molecule has 2 rings (SSSR count). The summed E-state index contributed by atoms with van der Waals surface area (Å²) in [6.07, 6.45) is 9.44. The Morgan fingerprint density at radius 1 is 1.07 bits per heavy atom. The van der Waals surface area contributed by atoms with Gasteiger partial charge < -0.3 is 10.1 Å². The number of amides is 3. The van der Waals surface area contributed by atoms with Crippen molar-refractivity contribution in [1.29, 1.82) is 0 Å². The van der Waals surface area contributed by atoms with Crippen LogP contribution in [0.15, 0.2) is 36.1 Å². The van der Waals surface area contributed by atoms with E-state index >= 15 is 0 Å². The second kappa shape index (κ2) is 12.0. The number of hydrogen-bond donors (Lipinski definition) is 2. The quantitative estimate of drug-likeness (QED) is 0.235. The average molecular weight is 416 g/mol. The number of anilines is 1. The Kier molecular flexibility index (Phi) is 9.38. The van der Waals surface area contributed by atoms with Gasteiger partial charge in [-0.1, -0.05) is 45.4 Å². The number of ether oxygens (including phenoxy) is 1. The minimum absolute atomic E-state index is 0.0554. The van der Waals surface area contributed by atoms with Gasteiger partial charge in [0.1, 0.15) is 11.8 Å². The molecule has 164 valence electrons. The van der Waals surface area contributed by atoms with Crippen LogP contribution in [0.5, 0.6) is 0 Å². The standard InChI is InChI=1S/C23H33N3O4/c1-4-5-6-7-8-9-10-15-24-21(27)18-11-13-19(14-12-18)26-23(29)20(22(28)25-26)16-30-17(2)3/h11-14,16-17H,4-10,15H2,1-3H3,(H,24,27)(H,25,28)/b20-16-. The van der Waals surface area contributed by atoms with Gasteiger partial charge in [0.15, 0.2) is 0 Å². The van der Waals surface area contributed by atoms with Gasteiger partial charge in [-0.15, -0.1) is 0 Å². The van der Waals surface area contributed by atoms with E-state index in [0.717, 1.165) is 17.9 Å². The van der Waals surface area contributed by atoms with Gasteiger partial charge in [0.25, 0.3) is 17.7 Å². The molecule has 0 bridgehead atoms. The molecule has 0 aromatic heterocycles. The van der Waals surface area contributed by atoms with Crippen LogP contribution >= 0.6 is 0 Å².